The fourth-order valence-corrected chi connectivity index (χ4v) is 2.90. The second-order valence-corrected chi connectivity index (χ2v) is 5.70. The van der Waals surface area contributed by atoms with Gasteiger partial charge in [-0.1, -0.05) is 13.8 Å². The molecule has 2 aliphatic rings. The van der Waals surface area contributed by atoms with Crippen molar-refractivity contribution in [3.05, 3.63) is 0 Å². The monoisotopic (exact) mass is 211 g/mol. The summed E-state index contributed by atoms with van der Waals surface area (Å²) in [4.78, 5) is 9.28. The molecule has 0 unspecified atom stereocenters. The van der Waals surface area contributed by atoms with Gasteiger partial charge >= 0.3 is 0 Å². The number of nitrogens with zero attached hydrogens (tertiary/aromatic N) is 1. The summed E-state index contributed by atoms with van der Waals surface area (Å²) in [6.07, 6.45) is 4.60. The van der Waals surface area contributed by atoms with Crippen LogP contribution in [0.25, 0.3) is 0 Å². The molecule has 1 aliphatic heterocycles. The van der Waals surface area contributed by atoms with Crippen molar-refractivity contribution >= 4 is 5.84 Å². The zero-order valence-corrected chi connectivity index (χ0v) is 9.68. The van der Waals surface area contributed by atoms with Crippen molar-refractivity contribution in [1.29, 1.82) is 0 Å². The molecule has 0 amide bonds. The Morgan fingerprint density at radius 2 is 2.27 bits per heavy atom. The minimum atomic E-state index is 0.239. The van der Waals surface area contributed by atoms with Crippen molar-refractivity contribution in [2.75, 3.05) is 13.3 Å². The van der Waals surface area contributed by atoms with Gasteiger partial charge in [0.25, 0.3) is 0 Å². The fourth-order valence-electron chi connectivity index (χ4n) is 2.90. The summed E-state index contributed by atoms with van der Waals surface area (Å²) in [6, 6.07) is 0. The highest BCUT2D eigenvalue weighted by Crippen LogP contribution is 2.50. The van der Waals surface area contributed by atoms with Gasteiger partial charge in [-0.15, -0.1) is 0 Å². The van der Waals surface area contributed by atoms with E-state index in [9.17, 15) is 0 Å². The van der Waals surface area contributed by atoms with Gasteiger partial charge < -0.3 is 5.73 Å². The van der Waals surface area contributed by atoms with Crippen LogP contribution in [0, 0.1) is 10.8 Å². The molecule has 0 bridgehead atoms. The third-order valence-electron chi connectivity index (χ3n) is 3.67. The van der Waals surface area contributed by atoms with Crippen molar-refractivity contribution in [3.8, 4) is 0 Å². The van der Waals surface area contributed by atoms with E-state index in [2.05, 4.69) is 24.3 Å². The maximum Gasteiger partial charge on any atom is 0.166 e. The van der Waals surface area contributed by atoms with Crippen LogP contribution >= 0.6 is 0 Å². The lowest BCUT2D eigenvalue weighted by Gasteiger charge is -2.29. The largest absolute Gasteiger partial charge is 0.330 e. The summed E-state index contributed by atoms with van der Waals surface area (Å²) in [5.41, 5.74) is 9.48. The molecule has 3 N–H and O–H groups in total. The van der Waals surface area contributed by atoms with Gasteiger partial charge in [0.2, 0.25) is 0 Å². The molecule has 86 valence electrons. The van der Waals surface area contributed by atoms with Gasteiger partial charge in [0.05, 0.1) is 0 Å². The van der Waals surface area contributed by atoms with E-state index in [4.69, 9.17) is 10.6 Å². The van der Waals surface area contributed by atoms with Crippen LogP contribution in [0.1, 0.15) is 39.5 Å². The van der Waals surface area contributed by atoms with E-state index in [1.807, 2.05) is 0 Å². The lowest BCUT2D eigenvalue weighted by molar-refractivity contribution is 0.112. The van der Waals surface area contributed by atoms with Crippen LogP contribution in [0.5, 0.6) is 0 Å². The van der Waals surface area contributed by atoms with E-state index in [-0.39, 0.29) is 5.41 Å². The molecule has 0 aromatic rings. The lowest BCUT2D eigenvalue weighted by atomic mass is 9.79. The van der Waals surface area contributed by atoms with Crippen LogP contribution in [0.4, 0.5) is 0 Å². The van der Waals surface area contributed by atoms with Gasteiger partial charge in [-0.3, -0.25) is 10.3 Å². The molecule has 4 nitrogen and oxygen atoms in total. The van der Waals surface area contributed by atoms with E-state index >= 15 is 0 Å². The first-order valence-electron chi connectivity index (χ1n) is 5.67. The summed E-state index contributed by atoms with van der Waals surface area (Å²) < 4.78 is 0. The molecule has 0 saturated heterocycles. The predicted octanol–water partition coefficient (Wildman–Crippen LogP) is 1.42. The van der Waals surface area contributed by atoms with Crippen LogP contribution in [0.15, 0.2) is 4.99 Å². The number of hydroxylamine groups is 1. The zero-order chi connectivity index (χ0) is 10.9. The summed E-state index contributed by atoms with van der Waals surface area (Å²) in [7, 11) is 0. The Hall–Kier alpha value is -0.610. The third-order valence-corrected chi connectivity index (χ3v) is 3.67. The van der Waals surface area contributed by atoms with Crippen LogP contribution in [0.3, 0.4) is 0 Å². The van der Waals surface area contributed by atoms with Crippen molar-refractivity contribution in [2.24, 2.45) is 21.6 Å². The highest BCUT2D eigenvalue weighted by molar-refractivity contribution is 5.82. The van der Waals surface area contributed by atoms with Crippen molar-refractivity contribution < 1.29 is 4.84 Å². The molecule has 0 radical (unpaired) electrons. The van der Waals surface area contributed by atoms with E-state index in [1.165, 1.54) is 19.3 Å². The highest BCUT2D eigenvalue weighted by atomic mass is 16.7. The van der Waals surface area contributed by atoms with Crippen LogP contribution < -0.4 is 11.2 Å². The zero-order valence-electron chi connectivity index (χ0n) is 9.68. The minimum Gasteiger partial charge on any atom is -0.330 e. The van der Waals surface area contributed by atoms with Crippen LogP contribution in [-0.2, 0) is 4.84 Å². The number of nitrogens with one attached hydrogen (secondary N) is 1. The van der Waals surface area contributed by atoms with E-state index in [0.29, 0.717) is 12.1 Å². The first kappa shape index (κ1) is 10.9. The van der Waals surface area contributed by atoms with Gasteiger partial charge in [0.1, 0.15) is 5.84 Å². The van der Waals surface area contributed by atoms with Crippen molar-refractivity contribution in [3.63, 3.8) is 0 Å². The number of hydrogen-bond donors (Lipinski definition) is 2. The van der Waals surface area contributed by atoms with Crippen LogP contribution in [0.2, 0.25) is 0 Å². The quantitative estimate of drug-likeness (QED) is 0.742. The highest BCUT2D eigenvalue weighted by Gasteiger charge is 2.43. The molecule has 1 fully saturated rings. The molecule has 1 heterocycles. The predicted molar refractivity (Wildman–Crippen MR) is 60.3 cm³/mol. The molecule has 1 saturated carbocycles. The second kappa shape index (κ2) is 3.76. The number of nitrogens with two attached hydrogens (primary N) is 1. The summed E-state index contributed by atoms with van der Waals surface area (Å²) in [5, 5.41) is 0. The second-order valence-electron chi connectivity index (χ2n) is 5.70. The maximum atomic E-state index is 5.94. The Kier molecular flexibility index (Phi) is 2.73. The Balaban J connectivity index is 2.03. The normalized spacial score (nSPS) is 33.9. The third kappa shape index (κ3) is 2.32. The van der Waals surface area contributed by atoms with Gasteiger partial charge in [-0.25, -0.2) is 4.99 Å². The molecule has 0 aromatic heterocycles. The molecule has 15 heavy (non-hydrogen) atoms. The standard InChI is InChI=1S/C11H21N3O/c1-10(2)3-4-11(6-10,7-12)5-9-13-8-15-14-9/h3-8,12H2,1-2H3,(H,13,14)/t11-/m0/s1. The molecule has 2 rings (SSSR count). The van der Waals surface area contributed by atoms with E-state index in [0.717, 1.165) is 18.8 Å². The molecule has 4 heteroatoms. The summed E-state index contributed by atoms with van der Waals surface area (Å²) in [5.74, 6) is 0.971. The molecule has 1 atom stereocenters. The maximum absolute atomic E-state index is 5.94. The van der Waals surface area contributed by atoms with Crippen molar-refractivity contribution in [2.45, 2.75) is 39.5 Å². The average Bonchev–Trinajstić information content (AvgIpc) is 2.75. The minimum absolute atomic E-state index is 0.239. The first-order chi connectivity index (χ1) is 7.05. The number of aliphatic imine (C=N–C) groups is 1. The molecular formula is C11H21N3O. The van der Waals surface area contributed by atoms with E-state index < -0.39 is 0 Å². The smallest absolute Gasteiger partial charge is 0.166 e. The number of hydrogen-bond acceptors (Lipinski definition) is 4. The lowest BCUT2D eigenvalue weighted by Crippen LogP contribution is -2.34. The van der Waals surface area contributed by atoms with E-state index in [1.54, 1.807) is 0 Å². The van der Waals surface area contributed by atoms with Gasteiger partial charge in [-0.2, -0.15) is 0 Å². The Morgan fingerprint density at radius 3 is 2.73 bits per heavy atom. The topological polar surface area (TPSA) is 59.6 Å². The molecular weight excluding hydrogens is 190 g/mol. The first-order valence-corrected chi connectivity index (χ1v) is 5.67. The average molecular weight is 211 g/mol. The SMILES string of the molecule is CC1(C)CC[C@](CN)(CC2=NCON2)C1. The van der Waals surface area contributed by atoms with Crippen molar-refractivity contribution in [1.82, 2.24) is 5.48 Å². The number of amidine groups is 1. The number of rotatable bonds is 3. The molecule has 0 aromatic carbocycles. The van der Waals surface area contributed by atoms with Gasteiger partial charge in [0.15, 0.2) is 6.73 Å². The summed E-state index contributed by atoms with van der Waals surface area (Å²) in [6.45, 7) is 5.84. The van der Waals surface area contributed by atoms with Gasteiger partial charge in [-0.05, 0) is 36.6 Å². The summed E-state index contributed by atoms with van der Waals surface area (Å²) >= 11 is 0. The molecule has 0 spiro atoms. The Bertz CT molecular complexity index is 275. The van der Waals surface area contributed by atoms with Gasteiger partial charge in [0, 0.05) is 6.42 Å². The Morgan fingerprint density at radius 1 is 1.47 bits per heavy atom. The molecule has 1 aliphatic carbocycles. The Labute approximate surface area is 91.2 Å². The van der Waals surface area contributed by atoms with Crippen LogP contribution in [-0.4, -0.2) is 19.1 Å². The fraction of sp³-hybridized carbons (Fsp3) is 0.909.